The third kappa shape index (κ3) is 5.42. The van der Waals surface area contributed by atoms with Crippen molar-refractivity contribution in [3.63, 3.8) is 0 Å². The summed E-state index contributed by atoms with van der Waals surface area (Å²) < 4.78 is 5.44. The number of likely N-dealkylation sites (N-methyl/N-ethyl adjacent to an activating group) is 1. The fourth-order valence-electron chi connectivity index (χ4n) is 2.46. The van der Waals surface area contributed by atoms with Gasteiger partial charge >= 0.3 is 0 Å². The predicted molar refractivity (Wildman–Crippen MR) is 92.9 cm³/mol. The molecule has 0 heterocycles. The fraction of sp³-hybridized carbons (Fsp3) is 0.316. The Labute approximate surface area is 138 Å². The smallest absolute Gasteiger partial charge is 0.279 e. The number of carbonyl (C=O) groups excluding carboxylic acids is 1. The second-order valence-electron chi connectivity index (χ2n) is 5.75. The first-order chi connectivity index (χ1) is 11.1. The lowest BCUT2D eigenvalue weighted by Crippen LogP contribution is -3.08. The van der Waals surface area contributed by atoms with Crippen LogP contribution in [0.2, 0.25) is 0 Å². The molecule has 0 fully saturated rings. The number of ether oxygens (including phenoxy) is 1. The number of hydrogen-bond acceptors (Lipinski definition) is 2. The predicted octanol–water partition coefficient (Wildman–Crippen LogP) is 2.05. The van der Waals surface area contributed by atoms with Gasteiger partial charge in [-0.25, -0.2) is 0 Å². The van der Waals surface area contributed by atoms with E-state index in [1.165, 1.54) is 5.56 Å². The third-order valence-electron chi connectivity index (χ3n) is 3.62. The Bertz CT molecular complexity index is 638. The molecule has 0 spiro atoms. The Kier molecular flexibility index (Phi) is 6.18. The Morgan fingerprint density at radius 2 is 1.83 bits per heavy atom. The maximum atomic E-state index is 12.2. The largest absolute Gasteiger partial charge is 0.494 e. The molecule has 23 heavy (non-hydrogen) atoms. The molecule has 0 saturated carbocycles. The number of quaternary nitrogens is 1. The molecule has 2 rings (SSSR count). The zero-order chi connectivity index (χ0) is 16.7. The molecular formula is C19H25N2O2+. The van der Waals surface area contributed by atoms with Crippen molar-refractivity contribution in [3.8, 4) is 5.75 Å². The fourth-order valence-corrected chi connectivity index (χ4v) is 2.46. The molecule has 2 aromatic carbocycles. The number of para-hydroxylation sites is 1. The van der Waals surface area contributed by atoms with Gasteiger partial charge in [-0.3, -0.25) is 4.79 Å². The summed E-state index contributed by atoms with van der Waals surface area (Å²) in [7, 11) is 2.02. The molecule has 122 valence electrons. The van der Waals surface area contributed by atoms with Gasteiger partial charge in [0.05, 0.1) is 13.7 Å². The van der Waals surface area contributed by atoms with E-state index in [0.717, 1.165) is 28.4 Å². The standard InChI is InChI=1S/C19H24N2O2/c1-4-23-17-11-9-16(10-12-17)13-21(3)14-19(22)20-18-8-6-5-7-15(18)2/h5-12H,4,13-14H2,1-3H3,(H,20,22)/p+1. The summed E-state index contributed by atoms with van der Waals surface area (Å²) in [6.07, 6.45) is 0. The van der Waals surface area contributed by atoms with E-state index in [2.05, 4.69) is 5.32 Å². The van der Waals surface area contributed by atoms with Crippen molar-refractivity contribution in [2.24, 2.45) is 0 Å². The first kappa shape index (κ1) is 17.0. The summed E-state index contributed by atoms with van der Waals surface area (Å²) in [5.41, 5.74) is 3.14. The van der Waals surface area contributed by atoms with Gasteiger partial charge in [-0.15, -0.1) is 0 Å². The molecule has 0 bridgehead atoms. The van der Waals surface area contributed by atoms with Crippen LogP contribution in [0.5, 0.6) is 5.75 Å². The van der Waals surface area contributed by atoms with Gasteiger partial charge in [0.25, 0.3) is 5.91 Å². The van der Waals surface area contributed by atoms with E-state index in [1.807, 2.05) is 69.4 Å². The highest BCUT2D eigenvalue weighted by Crippen LogP contribution is 2.13. The number of carbonyl (C=O) groups is 1. The van der Waals surface area contributed by atoms with Crippen molar-refractivity contribution in [2.75, 3.05) is 25.5 Å². The van der Waals surface area contributed by atoms with Gasteiger partial charge < -0.3 is 15.0 Å². The zero-order valence-electron chi connectivity index (χ0n) is 14.1. The number of nitrogens with one attached hydrogen (secondary N) is 2. The molecule has 0 saturated heterocycles. The summed E-state index contributed by atoms with van der Waals surface area (Å²) in [4.78, 5) is 13.3. The zero-order valence-corrected chi connectivity index (χ0v) is 14.1. The SMILES string of the molecule is CCOc1ccc(C[NH+](C)CC(=O)Nc2ccccc2C)cc1. The number of rotatable bonds is 7. The van der Waals surface area contributed by atoms with Crippen molar-refractivity contribution < 1.29 is 14.4 Å². The molecular weight excluding hydrogens is 288 g/mol. The molecule has 1 atom stereocenters. The molecule has 0 radical (unpaired) electrons. The highest BCUT2D eigenvalue weighted by Gasteiger charge is 2.11. The molecule has 0 aromatic heterocycles. The summed E-state index contributed by atoms with van der Waals surface area (Å²) in [6.45, 7) is 5.86. The van der Waals surface area contributed by atoms with Crippen LogP contribution in [0.3, 0.4) is 0 Å². The van der Waals surface area contributed by atoms with Gasteiger partial charge in [-0.1, -0.05) is 18.2 Å². The van der Waals surface area contributed by atoms with Gasteiger partial charge in [0, 0.05) is 11.3 Å². The van der Waals surface area contributed by atoms with E-state index >= 15 is 0 Å². The van der Waals surface area contributed by atoms with Crippen molar-refractivity contribution in [2.45, 2.75) is 20.4 Å². The summed E-state index contributed by atoms with van der Waals surface area (Å²) in [5, 5.41) is 2.97. The first-order valence-electron chi connectivity index (χ1n) is 7.97. The molecule has 4 nitrogen and oxygen atoms in total. The van der Waals surface area contributed by atoms with Gasteiger partial charge in [0.1, 0.15) is 12.3 Å². The quantitative estimate of drug-likeness (QED) is 0.821. The van der Waals surface area contributed by atoms with Crippen LogP contribution in [0, 0.1) is 6.92 Å². The summed E-state index contributed by atoms with van der Waals surface area (Å²) >= 11 is 0. The molecule has 2 N–H and O–H groups in total. The highest BCUT2D eigenvalue weighted by molar-refractivity contribution is 5.92. The van der Waals surface area contributed by atoms with Crippen LogP contribution >= 0.6 is 0 Å². The molecule has 0 aliphatic heterocycles. The average molecular weight is 313 g/mol. The lowest BCUT2D eigenvalue weighted by molar-refractivity contribution is -0.885. The number of anilines is 1. The highest BCUT2D eigenvalue weighted by atomic mass is 16.5. The van der Waals surface area contributed by atoms with Crippen LogP contribution in [-0.2, 0) is 11.3 Å². The monoisotopic (exact) mass is 313 g/mol. The van der Waals surface area contributed by atoms with Crippen molar-refractivity contribution in [1.82, 2.24) is 0 Å². The summed E-state index contributed by atoms with van der Waals surface area (Å²) in [5.74, 6) is 0.911. The molecule has 0 aliphatic rings. The Morgan fingerprint density at radius 3 is 2.48 bits per heavy atom. The lowest BCUT2D eigenvalue weighted by atomic mass is 10.2. The average Bonchev–Trinajstić information content (AvgIpc) is 2.51. The van der Waals surface area contributed by atoms with Crippen LogP contribution < -0.4 is 15.0 Å². The van der Waals surface area contributed by atoms with Crippen molar-refractivity contribution in [3.05, 3.63) is 59.7 Å². The Balaban J connectivity index is 1.85. The normalized spacial score (nSPS) is 11.8. The molecule has 0 aliphatic carbocycles. The number of amides is 1. The van der Waals surface area contributed by atoms with Gasteiger partial charge in [-0.05, 0) is 49.7 Å². The van der Waals surface area contributed by atoms with Gasteiger partial charge in [0.15, 0.2) is 6.54 Å². The van der Waals surface area contributed by atoms with E-state index in [4.69, 9.17) is 4.74 Å². The van der Waals surface area contributed by atoms with E-state index in [1.54, 1.807) is 0 Å². The van der Waals surface area contributed by atoms with E-state index in [0.29, 0.717) is 13.2 Å². The maximum absolute atomic E-state index is 12.2. The van der Waals surface area contributed by atoms with Crippen LogP contribution in [0.1, 0.15) is 18.1 Å². The molecule has 1 unspecified atom stereocenters. The van der Waals surface area contributed by atoms with Gasteiger partial charge in [0.2, 0.25) is 0 Å². The topological polar surface area (TPSA) is 42.8 Å². The number of hydrogen-bond donors (Lipinski definition) is 2. The van der Waals surface area contributed by atoms with Crippen LogP contribution in [0.4, 0.5) is 5.69 Å². The molecule has 1 amide bonds. The second kappa shape index (κ2) is 8.34. The third-order valence-corrected chi connectivity index (χ3v) is 3.62. The number of aryl methyl sites for hydroxylation is 1. The summed E-state index contributed by atoms with van der Waals surface area (Å²) in [6, 6.07) is 15.9. The molecule has 2 aromatic rings. The van der Waals surface area contributed by atoms with Crippen LogP contribution in [-0.4, -0.2) is 26.1 Å². The minimum absolute atomic E-state index is 0.0303. The lowest BCUT2D eigenvalue weighted by Gasteiger charge is -2.15. The van der Waals surface area contributed by atoms with Gasteiger partial charge in [-0.2, -0.15) is 0 Å². The number of benzene rings is 2. The van der Waals surface area contributed by atoms with E-state index in [-0.39, 0.29) is 5.91 Å². The van der Waals surface area contributed by atoms with Crippen molar-refractivity contribution in [1.29, 1.82) is 0 Å². The van der Waals surface area contributed by atoms with Crippen molar-refractivity contribution >= 4 is 11.6 Å². The Hall–Kier alpha value is -2.33. The van der Waals surface area contributed by atoms with E-state index < -0.39 is 0 Å². The van der Waals surface area contributed by atoms with Crippen LogP contribution in [0.25, 0.3) is 0 Å². The Morgan fingerprint density at radius 1 is 1.13 bits per heavy atom. The maximum Gasteiger partial charge on any atom is 0.279 e. The molecule has 4 heteroatoms. The van der Waals surface area contributed by atoms with Crippen LogP contribution in [0.15, 0.2) is 48.5 Å². The minimum Gasteiger partial charge on any atom is -0.494 e. The minimum atomic E-state index is 0.0303. The first-order valence-corrected chi connectivity index (χ1v) is 7.97. The van der Waals surface area contributed by atoms with E-state index in [9.17, 15) is 4.79 Å². The second-order valence-corrected chi connectivity index (χ2v) is 5.75.